The zero-order chi connectivity index (χ0) is 17.6. The highest BCUT2D eigenvalue weighted by molar-refractivity contribution is 6.31. The van der Waals surface area contributed by atoms with E-state index < -0.39 is 6.09 Å². The van der Waals surface area contributed by atoms with Crippen LogP contribution in [-0.2, 0) is 4.74 Å². The third-order valence-electron chi connectivity index (χ3n) is 4.15. The number of unbranched alkanes of at least 4 members (excludes halogenated alkanes) is 9. The summed E-state index contributed by atoms with van der Waals surface area (Å²) in [7, 11) is 0. The zero-order valence-electron chi connectivity index (χ0n) is 15.2. The van der Waals surface area contributed by atoms with Crippen LogP contribution < -0.4 is 5.32 Å². The number of carbonyl (C=O) groups is 1. The van der Waals surface area contributed by atoms with Crippen molar-refractivity contribution in [2.24, 2.45) is 0 Å². The number of benzene rings is 1. The van der Waals surface area contributed by atoms with E-state index in [2.05, 4.69) is 12.2 Å². The van der Waals surface area contributed by atoms with Gasteiger partial charge in [0.1, 0.15) is 0 Å². The van der Waals surface area contributed by atoms with Crippen LogP contribution in [0.25, 0.3) is 0 Å². The standard InChI is InChI=1S/C20H32ClNO2/c1-3-4-5-6-7-8-9-10-11-12-15-24-20(23)22-18-14-13-17(2)19(21)16-18/h13-14,16H,3-12,15H2,1-2H3,(H,22,23). The molecule has 0 heterocycles. The average molecular weight is 354 g/mol. The Morgan fingerprint density at radius 1 is 1.00 bits per heavy atom. The minimum absolute atomic E-state index is 0.411. The second kappa shape index (κ2) is 13.1. The highest BCUT2D eigenvalue weighted by Crippen LogP contribution is 2.20. The van der Waals surface area contributed by atoms with E-state index in [1.807, 2.05) is 19.1 Å². The molecule has 0 aliphatic heterocycles. The van der Waals surface area contributed by atoms with Gasteiger partial charge in [0.2, 0.25) is 0 Å². The normalized spacial score (nSPS) is 10.6. The predicted octanol–water partition coefficient (Wildman–Crippen LogP) is 7.12. The Hall–Kier alpha value is -1.22. The molecule has 0 atom stereocenters. The largest absolute Gasteiger partial charge is 0.449 e. The van der Waals surface area contributed by atoms with E-state index in [1.54, 1.807) is 6.07 Å². The van der Waals surface area contributed by atoms with E-state index in [0.29, 0.717) is 17.3 Å². The number of hydrogen-bond donors (Lipinski definition) is 1. The molecule has 0 saturated heterocycles. The summed E-state index contributed by atoms with van der Waals surface area (Å²) in [6.45, 7) is 4.65. The van der Waals surface area contributed by atoms with E-state index in [-0.39, 0.29) is 0 Å². The van der Waals surface area contributed by atoms with Crippen LogP contribution in [-0.4, -0.2) is 12.7 Å². The van der Waals surface area contributed by atoms with Gasteiger partial charge in [-0.1, -0.05) is 82.4 Å². The molecule has 0 aromatic heterocycles. The maximum absolute atomic E-state index is 11.7. The topological polar surface area (TPSA) is 38.3 Å². The molecule has 3 nitrogen and oxygen atoms in total. The molecule has 0 spiro atoms. The number of amides is 1. The Bertz CT molecular complexity index is 477. The first-order chi connectivity index (χ1) is 11.6. The Balaban J connectivity index is 1.97. The second-order valence-corrected chi connectivity index (χ2v) is 6.81. The van der Waals surface area contributed by atoms with Gasteiger partial charge in [-0.25, -0.2) is 4.79 Å². The summed E-state index contributed by atoms with van der Waals surface area (Å²) >= 11 is 6.03. The summed E-state index contributed by atoms with van der Waals surface area (Å²) in [5.74, 6) is 0. The maximum Gasteiger partial charge on any atom is 0.411 e. The van der Waals surface area contributed by atoms with Crippen LogP contribution in [0, 0.1) is 6.92 Å². The first kappa shape index (κ1) is 20.8. The Labute approximate surface area is 152 Å². The summed E-state index contributed by atoms with van der Waals surface area (Å²) in [5, 5.41) is 3.34. The smallest absolute Gasteiger partial charge is 0.411 e. The van der Waals surface area contributed by atoms with E-state index in [9.17, 15) is 4.79 Å². The zero-order valence-corrected chi connectivity index (χ0v) is 16.0. The van der Waals surface area contributed by atoms with Crippen LogP contribution in [0.4, 0.5) is 10.5 Å². The third kappa shape index (κ3) is 9.82. The maximum atomic E-state index is 11.7. The van der Waals surface area contributed by atoms with Crippen molar-refractivity contribution in [3.8, 4) is 0 Å². The van der Waals surface area contributed by atoms with Crippen molar-refractivity contribution in [1.29, 1.82) is 0 Å². The monoisotopic (exact) mass is 353 g/mol. The lowest BCUT2D eigenvalue weighted by Gasteiger charge is -2.08. The molecule has 1 aromatic rings. The molecular formula is C20H32ClNO2. The molecule has 0 unspecified atom stereocenters. The summed E-state index contributed by atoms with van der Waals surface area (Å²) < 4.78 is 5.19. The minimum atomic E-state index is -0.411. The molecule has 0 radical (unpaired) electrons. The van der Waals surface area contributed by atoms with Crippen LogP contribution in [0.2, 0.25) is 5.02 Å². The van der Waals surface area contributed by atoms with Gasteiger partial charge in [-0.05, 0) is 31.0 Å². The number of anilines is 1. The van der Waals surface area contributed by atoms with Crippen molar-refractivity contribution in [3.63, 3.8) is 0 Å². The van der Waals surface area contributed by atoms with E-state index in [0.717, 1.165) is 18.4 Å². The number of halogens is 1. The van der Waals surface area contributed by atoms with Crippen molar-refractivity contribution in [3.05, 3.63) is 28.8 Å². The summed E-state index contributed by atoms with van der Waals surface area (Å²) in [4.78, 5) is 11.7. The van der Waals surface area contributed by atoms with Gasteiger partial charge in [0.05, 0.1) is 6.61 Å². The van der Waals surface area contributed by atoms with Crippen molar-refractivity contribution >= 4 is 23.4 Å². The molecule has 1 aromatic carbocycles. The first-order valence-electron chi connectivity index (χ1n) is 9.33. The van der Waals surface area contributed by atoms with Gasteiger partial charge in [-0.3, -0.25) is 5.32 Å². The lowest BCUT2D eigenvalue weighted by atomic mass is 10.1. The van der Waals surface area contributed by atoms with Gasteiger partial charge < -0.3 is 4.74 Å². The fourth-order valence-electron chi connectivity index (χ4n) is 2.58. The van der Waals surface area contributed by atoms with Crippen LogP contribution >= 0.6 is 11.6 Å². The average Bonchev–Trinajstić information content (AvgIpc) is 2.56. The van der Waals surface area contributed by atoms with E-state index in [4.69, 9.17) is 16.3 Å². The Morgan fingerprint density at radius 2 is 1.58 bits per heavy atom. The van der Waals surface area contributed by atoms with Gasteiger partial charge in [-0.2, -0.15) is 0 Å². The van der Waals surface area contributed by atoms with Crippen molar-refractivity contribution in [2.45, 2.75) is 78.1 Å². The van der Waals surface area contributed by atoms with Crippen molar-refractivity contribution in [2.75, 3.05) is 11.9 Å². The predicted molar refractivity (Wildman–Crippen MR) is 103 cm³/mol. The van der Waals surface area contributed by atoms with Gasteiger partial charge in [0.15, 0.2) is 0 Å². The molecule has 4 heteroatoms. The lowest BCUT2D eigenvalue weighted by molar-refractivity contribution is 0.159. The molecule has 1 amide bonds. The van der Waals surface area contributed by atoms with Crippen LogP contribution in [0.5, 0.6) is 0 Å². The molecule has 136 valence electrons. The summed E-state index contributed by atoms with van der Waals surface area (Å²) in [5.41, 5.74) is 1.65. The van der Waals surface area contributed by atoms with Gasteiger partial charge >= 0.3 is 6.09 Å². The SMILES string of the molecule is CCCCCCCCCCCCOC(=O)Nc1ccc(C)c(Cl)c1. The van der Waals surface area contributed by atoms with Crippen LogP contribution in [0.3, 0.4) is 0 Å². The molecule has 0 aliphatic rings. The van der Waals surface area contributed by atoms with Crippen molar-refractivity contribution < 1.29 is 9.53 Å². The quantitative estimate of drug-likeness (QED) is 0.406. The number of rotatable bonds is 12. The Morgan fingerprint density at radius 3 is 2.17 bits per heavy atom. The highest BCUT2D eigenvalue weighted by atomic mass is 35.5. The fraction of sp³-hybridized carbons (Fsp3) is 0.650. The number of aryl methyl sites for hydroxylation is 1. The highest BCUT2D eigenvalue weighted by Gasteiger charge is 2.04. The number of nitrogens with one attached hydrogen (secondary N) is 1. The van der Waals surface area contributed by atoms with Crippen molar-refractivity contribution in [1.82, 2.24) is 0 Å². The number of ether oxygens (including phenoxy) is 1. The Kier molecular flexibility index (Phi) is 11.4. The fourth-order valence-corrected chi connectivity index (χ4v) is 2.76. The van der Waals surface area contributed by atoms with E-state index >= 15 is 0 Å². The van der Waals surface area contributed by atoms with Gasteiger partial charge in [0.25, 0.3) is 0 Å². The first-order valence-corrected chi connectivity index (χ1v) is 9.71. The second-order valence-electron chi connectivity index (χ2n) is 6.41. The molecule has 0 saturated carbocycles. The van der Waals surface area contributed by atoms with Crippen LogP contribution in [0.15, 0.2) is 18.2 Å². The molecular weight excluding hydrogens is 322 g/mol. The molecule has 0 fully saturated rings. The summed E-state index contributed by atoms with van der Waals surface area (Å²) in [6, 6.07) is 5.43. The third-order valence-corrected chi connectivity index (χ3v) is 4.56. The molecule has 0 aliphatic carbocycles. The van der Waals surface area contributed by atoms with Gasteiger partial charge in [-0.15, -0.1) is 0 Å². The molecule has 24 heavy (non-hydrogen) atoms. The molecule has 1 N–H and O–H groups in total. The van der Waals surface area contributed by atoms with Crippen LogP contribution in [0.1, 0.15) is 76.7 Å². The van der Waals surface area contributed by atoms with E-state index in [1.165, 1.54) is 51.4 Å². The number of carbonyl (C=O) groups excluding carboxylic acids is 1. The summed E-state index contributed by atoms with van der Waals surface area (Å²) in [6.07, 6.45) is 12.3. The molecule has 1 rings (SSSR count). The molecule has 0 bridgehead atoms. The number of hydrogen-bond acceptors (Lipinski definition) is 2. The minimum Gasteiger partial charge on any atom is -0.449 e. The lowest BCUT2D eigenvalue weighted by Crippen LogP contribution is -2.14. The van der Waals surface area contributed by atoms with Gasteiger partial charge in [0, 0.05) is 10.7 Å².